The van der Waals surface area contributed by atoms with Crippen LogP contribution in [-0.4, -0.2) is 25.7 Å². The Hall–Kier alpha value is -2.07. The van der Waals surface area contributed by atoms with E-state index >= 15 is 0 Å². The first-order chi connectivity index (χ1) is 10.7. The smallest absolute Gasteiger partial charge is 0.128 e. The molecule has 22 heavy (non-hydrogen) atoms. The average molecular weight is 300 g/mol. The van der Waals surface area contributed by atoms with Crippen molar-refractivity contribution in [3.63, 3.8) is 0 Å². The van der Waals surface area contributed by atoms with Gasteiger partial charge in [-0.3, -0.25) is 4.98 Å². The number of ether oxygens (including phenoxy) is 2. The van der Waals surface area contributed by atoms with E-state index in [0.29, 0.717) is 0 Å². The van der Waals surface area contributed by atoms with Gasteiger partial charge in [0.25, 0.3) is 0 Å². The molecule has 0 radical (unpaired) electrons. The molecule has 0 aliphatic rings. The maximum atomic E-state index is 5.43. The van der Waals surface area contributed by atoms with E-state index in [0.717, 1.165) is 47.8 Å². The monoisotopic (exact) mass is 300 g/mol. The molecule has 0 bridgehead atoms. The van der Waals surface area contributed by atoms with Crippen LogP contribution < -0.4 is 14.8 Å². The Morgan fingerprint density at radius 3 is 2.41 bits per heavy atom. The van der Waals surface area contributed by atoms with Gasteiger partial charge in [0.1, 0.15) is 11.5 Å². The average Bonchev–Trinajstić information content (AvgIpc) is 2.54. The fourth-order valence-electron chi connectivity index (χ4n) is 2.48. The lowest BCUT2D eigenvalue weighted by molar-refractivity contribution is 0.406. The summed E-state index contributed by atoms with van der Waals surface area (Å²) < 4.78 is 10.6. The van der Waals surface area contributed by atoms with Gasteiger partial charge >= 0.3 is 0 Å². The van der Waals surface area contributed by atoms with Crippen molar-refractivity contribution in [1.29, 1.82) is 0 Å². The van der Waals surface area contributed by atoms with Gasteiger partial charge in [-0.1, -0.05) is 12.1 Å². The van der Waals surface area contributed by atoms with Crippen LogP contribution in [0.3, 0.4) is 0 Å². The molecule has 0 saturated heterocycles. The van der Waals surface area contributed by atoms with Crippen LogP contribution in [0.2, 0.25) is 0 Å². The fourth-order valence-corrected chi connectivity index (χ4v) is 2.48. The zero-order chi connectivity index (χ0) is 15.9. The van der Waals surface area contributed by atoms with Gasteiger partial charge < -0.3 is 14.8 Å². The molecule has 0 saturated carbocycles. The Morgan fingerprint density at radius 2 is 1.77 bits per heavy atom. The van der Waals surface area contributed by atoms with E-state index in [2.05, 4.69) is 29.4 Å². The molecule has 4 nitrogen and oxygen atoms in total. The summed E-state index contributed by atoms with van der Waals surface area (Å²) in [5, 5.41) is 3.44. The summed E-state index contributed by atoms with van der Waals surface area (Å²) in [4.78, 5) is 4.49. The highest BCUT2D eigenvalue weighted by molar-refractivity contribution is 5.41. The minimum Gasteiger partial charge on any atom is -0.497 e. The van der Waals surface area contributed by atoms with Crippen LogP contribution in [-0.2, 0) is 13.0 Å². The molecule has 1 heterocycles. The quantitative estimate of drug-likeness (QED) is 0.798. The third kappa shape index (κ3) is 3.98. The Bertz CT molecular complexity index is 609. The second kappa shape index (κ2) is 7.80. The highest BCUT2D eigenvalue weighted by Gasteiger charge is 2.08. The summed E-state index contributed by atoms with van der Waals surface area (Å²) in [6, 6.07) is 8.18. The van der Waals surface area contributed by atoms with Gasteiger partial charge in [-0.15, -0.1) is 0 Å². The van der Waals surface area contributed by atoms with Crippen molar-refractivity contribution in [2.45, 2.75) is 26.8 Å². The first kappa shape index (κ1) is 16.3. The predicted molar refractivity (Wildman–Crippen MR) is 88.7 cm³/mol. The zero-order valence-electron chi connectivity index (χ0n) is 13.8. The molecular formula is C18H24N2O2. The van der Waals surface area contributed by atoms with Crippen molar-refractivity contribution < 1.29 is 9.47 Å². The molecule has 0 aliphatic heterocycles. The number of pyridine rings is 1. The number of aromatic nitrogens is 1. The van der Waals surface area contributed by atoms with E-state index in [1.165, 1.54) is 5.56 Å². The first-order valence-electron chi connectivity index (χ1n) is 7.48. The molecule has 1 aromatic heterocycles. The van der Waals surface area contributed by atoms with Gasteiger partial charge in [0.2, 0.25) is 0 Å². The lowest BCUT2D eigenvalue weighted by atomic mass is 10.1. The molecule has 0 aliphatic carbocycles. The Morgan fingerprint density at radius 1 is 1.05 bits per heavy atom. The van der Waals surface area contributed by atoms with E-state index in [4.69, 9.17) is 9.47 Å². The molecule has 2 rings (SSSR count). The summed E-state index contributed by atoms with van der Waals surface area (Å²) >= 11 is 0. The van der Waals surface area contributed by atoms with Gasteiger partial charge in [-0.25, -0.2) is 0 Å². The van der Waals surface area contributed by atoms with Crippen molar-refractivity contribution in [3.05, 3.63) is 52.8 Å². The van der Waals surface area contributed by atoms with Gasteiger partial charge in [-0.05, 0) is 44.5 Å². The van der Waals surface area contributed by atoms with E-state index < -0.39 is 0 Å². The second-order valence-corrected chi connectivity index (χ2v) is 5.32. The summed E-state index contributed by atoms with van der Waals surface area (Å²) in [5.41, 5.74) is 4.51. The third-order valence-corrected chi connectivity index (χ3v) is 3.79. The van der Waals surface area contributed by atoms with Crippen LogP contribution in [0, 0.1) is 13.8 Å². The molecule has 0 atom stereocenters. The van der Waals surface area contributed by atoms with Gasteiger partial charge in [0.05, 0.1) is 19.9 Å². The van der Waals surface area contributed by atoms with Crippen molar-refractivity contribution in [2.24, 2.45) is 0 Å². The van der Waals surface area contributed by atoms with E-state index in [1.54, 1.807) is 14.2 Å². The van der Waals surface area contributed by atoms with E-state index in [1.807, 2.05) is 25.3 Å². The second-order valence-electron chi connectivity index (χ2n) is 5.32. The maximum absolute atomic E-state index is 5.43. The molecule has 0 fully saturated rings. The van der Waals surface area contributed by atoms with Crippen molar-refractivity contribution in [1.82, 2.24) is 10.3 Å². The molecule has 0 amide bonds. The molecule has 0 spiro atoms. The topological polar surface area (TPSA) is 43.4 Å². The molecule has 4 heteroatoms. The highest BCUT2D eigenvalue weighted by Crippen LogP contribution is 2.23. The van der Waals surface area contributed by atoms with Crippen LogP contribution in [0.4, 0.5) is 0 Å². The number of hydrogen-bond donors (Lipinski definition) is 1. The van der Waals surface area contributed by atoms with Gasteiger partial charge in [0, 0.05) is 23.9 Å². The van der Waals surface area contributed by atoms with Crippen LogP contribution in [0.25, 0.3) is 0 Å². The van der Waals surface area contributed by atoms with Crippen molar-refractivity contribution in [3.8, 4) is 11.5 Å². The minimum atomic E-state index is 0.749. The molecular weight excluding hydrogens is 276 g/mol. The fraction of sp³-hybridized carbons (Fsp3) is 0.389. The third-order valence-electron chi connectivity index (χ3n) is 3.79. The standard InChI is InChI=1S/C18H24N2O2/c1-13-11-20-17(14(2)18(13)22-4)12-19-10-9-15-5-7-16(21-3)8-6-15/h5-8,11,19H,9-10,12H2,1-4H3. The first-order valence-corrected chi connectivity index (χ1v) is 7.48. The number of methoxy groups -OCH3 is 2. The Balaban J connectivity index is 1.86. The highest BCUT2D eigenvalue weighted by atomic mass is 16.5. The number of rotatable bonds is 7. The minimum absolute atomic E-state index is 0.749. The van der Waals surface area contributed by atoms with Crippen LogP contribution >= 0.6 is 0 Å². The van der Waals surface area contributed by atoms with Crippen LogP contribution in [0.5, 0.6) is 11.5 Å². The lowest BCUT2D eigenvalue weighted by Gasteiger charge is -2.12. The summed E-state index contributed by atoms with van der Waals surface area (Å²) in [7, 11) is 3.39. The number of nitrogens with zero attached hydrogens (tertiary/aromatic N) is 1. The summed E-state index contributed by atoms with van der Waals surface area (Å²) in [6.45, 7) is 5.72. The van der Waals surface area contributed by atoms with Crippen molar-refractivity contribution >= 4 is 0 Å². The molecule has 118 valence electrons. The molecule has 1 N–H and O–H groups in total. The van der Waals surface area contributed by atoms with Gasteiger partial charge in [0.15, 0.2) is 0 Å². The zero-order valence-corrected chi connectivity index (χ0v) is 13.8. The molecule has 0 unspecified atom stereocenters. The normalized spacial score (nSPS) is 10.5. The van der Waals surface area contributed by atoms with E-state index in [-0.39, 0.29) is 0 Å². The van der Waals surface area contributed by atoms with Crippen LogP contribution in [0.15, 0.2) is 30.5 Å². The predicted octanol–water partition coefficient (Wildman–Crippen LogP) is 3.05. The molecule has 2 aromatic rings. The van der Waals surface area contributed by atoms with Crippen LogP contribution in [0.1, 0.15) is 22.4 Å². The number of hydrogen-bond acceptors (Lipinski definition) is 4. The lowest BCUT2D eigenvalue weighted by Crippen LogP contribution is -2.18. The van der Waals surface area contributed by atoms with Crippen molar-refractivity contribution in [2.75, 3.05) is 20.8 Å². The number of nitrogens with one attached hydrogen (secondary N) is 1. The Labute approximate surface area is 132 Å². The SMILES string of the molecule is COc1ccc(CCNCc2ncc(C)c(OC)c2C)cc1. The largest absolute Gasteiger partial charge is 0.497 e. The summed E-state index contributed by atoms with van der Waals surface area (Å²) in [6.07, 6.45) is 2.85. The number of benzene rings is 1. The number of aryl methyl sites for hydroxylation is 1. The van der Waals surface area contributed by atoms with Gasteiger partial charge in [-0.2, -0.15) is 0 Å². The maximum Gasteiger partial charge on any atom is 0.128 e. The molecule has 1 aromatic carbocycles. The Kier molecular flexibility index (Phi) is 5.78. The van der Waals surface area contributed by atoms with E-state index in [9.17, 15) is 0 Å². The summed E-state index contributed by atoms with van der Waals surface area (Å²) in [5.74, 6) is 1.82.